The quantitative estimate of drug-likeness (QED) is 0.676. The Morgan fingerprint density at radius 2 is 2.36 bits per heavy atom. The van der Waals surface area contributed by atoms with Gasteiger partial charge in [0.15, 0.2) is 0 Å². The fourth-order valence-electron chi connectivity index (χ4n) is 3.24. The zero-order chi connectivity index (χ0) is 10.0. The molecule has 0 amide bonds. The molecule has 80 valence electrons. The Kier molecular flexibility index (Phi) is 2.96. The van der Waals surface area contributed by atoms with Gasteiger partial charge in [-0.3, -0.25) is 0 Å². The normalized spacial score (nSPS) is 36.7. The molecule has 2 unspecified atom stereocenters. The van der Waals surface area contributed by atoms with Gasteiger partial charge in [-0.05, 0) is 45.1 Å². The molecule has 0 aromatic rings. The number of nitrogens with one attached hydrogen (secondary N) is 1. The Labute approximate surface area is 88.0 Å². The van der Waals surface area contributed by atoms with Gasteiger partial charge in [-0.1, -0.05) is 25.0 Å². The molecule has 0 aromatic heterocycles. The Balaban J connectivity index is 2.08. The third-order valence-electron chi connectivity index (χ3n) is 4.15. The highest BCUT2D eigenvalue weighted by Crippen LogP contribution is 2.60. The van der Waals surface area contributed by atoms with Crippen LogP contribution in [0.1, 0.15) is 45.4 Å². The number of rotatable bonds is 4. The molecule has 14 heavy (non-hydrogen) atoms. The molecule has 1 fully saturated rings. The van der Waals surface area contributed by atoms with Crippen LogP contribution in [0.15, 0.2) is 11.6 Å². The summed E-state index contributed by atoms with van der Waals surface area (Å²) >= 11 is 0. The minimum atomic E-state index is 0.587. The van der Waals surface area contributed by atoms with Gasteiger partial charge >= 0.3 is 0 Å². The standard InChI is InChI=1S/C13H23N/c1-3-11-9-13(11,10-14-2)12-7-5-4-6-8-12/h7,11,14H,3-6,8-10H2,1-2H3. The van der Waals surface area contributed by atoms with Gasteiger partial charge in [0.1, 0.15) is 0 Å². The molecule has 0 heterocycles. The van der Waals surface area contributed by atoms with Crippen molar-refractivity contribution in [2.24, 2.45) is 11.3 Å². The van der Waals surface area contributed by atoms with Gasteiger partial charge < -0.3 is 5.32 Å². The monoisotopic (exact) mass is 193 g/mol. The van der Waals surface area contributed by atoms with E-state index in [-0.39, 0.29) is 0 Å². The van der Waals surface area contributed by atoms with E-state index in [1.807, 2.05) is 0 Å². The summed E-state index contributed by atoms with van der Waals surface area (Å²) in [5.41, 5.74) is 2.37. The van der Waals surface area contributed by atoms with Crippen LogP contribution in [0.2, 0.25) is 0 Å². The highest BCUT2D eigenvalue weighted by Gasteiger charge is 2.54. The summed E-state index contributed by atoms with van der Waals surface area (Å²) in [6.07, 6.45) is 10.9. The summed E-state index contributed by atoms with van der Waals surface area (Å²) in [6.45, 7) is 3.54. The van der Waals surface area contributed by atoms with Gasteiger partial charge in [0, 0.05) is 12.0 Å². The second kappa shape index (κ2) is 4.06. The molecular formula is C13H23N. The van der Waals surface area contributed by atoms with Crippen LogP contribution in [-0.4, -0.2) is 13.6 Å². The molecule has 0 aromatic carbocycles. The maximum absolute atomic E-state index is 3.39. The molecule has 1 heteroatoms. The van der Waals surface area contributed by atoms with E-state index in [2.05, 4.69) is 25.4 Å². The van der Waals surface area contributed by atoms with Crippen LogP contribution in [0.4, 0.5) is 0 Å². The molecule has 1 nitrogen and oxygen atoms in total. The van der Waals surface area contributed by atoms with Crippen LogP contribution in [0, 0.1) is 11.3 Å². The van der Waals surface area contributed by atoms with Crippen LogP contribution in [0.5, 0.6) is 0 Å². The van der Waals surface area contributed by atoms with Crippen molar-refractivity contribution < 1.29 is 0 Å². The van der Waals surface area contributed by atoms with Crippen LogP contribution >= 0.6 is 0 Å². The fourth-order valence-corrected chi connectivity index (χ4v) is 3.24. The first kappa shape index (κ1) is 10.2. The van der Waals surface area contributed by atoms with E-state index >= 15 is 0 Å². The second-order valence-corrected chi connectivity index (χ2v) is 4.97. The van der Waals surface area contributed by atoms with Crippen molar-refractivity contribution in [2.45, 2.75) is 45.4 Å². The van der Waals surface area contributed by atoms with Crippen molar-refractivity contribution in [1.82, 2.24) is 5.32 Å². The number of hydrogen-bond acceptors (Lipinski definition) is 1. The van der Waals surface area contributed by atoms with Gasteiger partial charge in [-0.25, -0.2) is 0 Å². The Hall–Kier alpha value is -0.300. The third-order valence-corrected chi connectivity index (χ3v) is 4.15. The SMILES string of the molecule is CCC1CC1(CNC)C1=CCCCC1. The molecular weight excluding hydrogens is 170 g/mol. The topological polar surface area (TPSA) is 12.0 Å². The Bertz CT molecular complexity index is 231. The third kappa shape index (κ3) is 1.63. The summed E-state index contributed by atoms with van der Waals surface area (Å²) in [6, 6.07) is 0. The highest BCUT2D eigenvalue weighted by molar-refractivity contribution is 5.27. The van der Waals surface area contributed by atoms with E-state index in [0.717, 1.165) is 5.92 Å². The first-order chi connectivity index (χ1) is 6.83. The van der Waals surface area contributed by atoms with Crippen LogP contribution in [0.3, 0.4) is 0 Å². The molecule has 0 radical (unpaired) electrons. The maximum atomic E-state index is 3.39. The maximum Gasteiger partial charge on any atom is 0.00679 e. The second-order valence-electron chi connectivity index (χ2n) is 4.97. The largest absolute Gasteiger partial charge is 0.319 e. The molecule has 1 saturated carbocycles. The molecule has 0 bridgehead atoms. The summed E-state index contributed by atoms with van der Waals surface area (Å²) in [5, 5.41) is 3.39. The molecule has 2 rings (SSSR count). The van der Waals surface area contributed by atoms with Gasteiger partial charge in [-0.2, -0.15) is 0 Å². The highest BCUT2D eigenvalue weighted by atomic mass is 14.9. The van der Waals surface area contributed by atoms with E-state index in [4.69, 9.17) is 0 Å². The van der Waals surface area contributed by atoms with Crippen molar-refractivity contribution >= 4 is 0 Å². The zero-order valence-electron chi connectivity index (χ0n) is 9.60. The minimum absolute atomic E-state index is 0.587. The summed E-state index contributed by atoms with van der Waals surface area (Å²) in [7, 11) is 2.09. The predicted molar refractivity (Wildman–Crippen MR) is 61.3 cm³/mol. The molecule has 2 aliphatic carbocycles. The smallest absolute Gasteiger partial charge is 0.00679 e. The van der Waals surface area contributed by atoms with E-state index in [9.17, 15) is 0 Å². The lowest BCUT2D eigenvalue weighted by Crippen LogP contribution is -2.24. The van der Waals surface area contributed by atoms with Crippen molar-refractivity contribution in [1.29, 1.82) is 0 Å². The summed E-state index contributed by atoms with van der Waals surface area (Å²) in [5.74, 6) is 0.972. The van der Waals surface area contributed by atoms with Crippen molar-refractivity contribution in [2.75, 3.05) is 13.6 Å². The lowest BCUT2D eigenvalue weighted by atomic mass is 9.84. The van der Waals surface area contributed by atoms with Gasteiger partial charge in [-0.15, -0.1) is 0 Å². The lowest BCUT2D eigenvalue weighted by molar-refractivity contribution is 0.462. The average molecular weight is 193 g/mol. The summed E-state index contributed by atoms with van der Waals surface area (Å²) in [4.78, 5) is 0. The minimum Gasteiger partial charge on any atom is -0.319 e. The fraction of sp³-hybridized carbons (Fsp3) is 0.846. The molecule has 1 N–H and O–H groups in total. The molecule has 0 aliphatic heterocycles. The lowest BCUT2D eigenvalue weighted by Gasteiger charge is -2.24. The number of hydrogen-bond donors (Lipinski definition) is 1. The van der Waals surface area contributed by atoms with Crippen molar-refractivity contribution in [3.8, 4) is 0 Å². The Morgan fingerprint density at radius 3 is 2.86 bits per heavy atom. The van der Waals surface area contributed by atoms with Crippen LogP contribution < -0.4 is 5.32 Å². The number of allylic oxidation sites excluding steroid dienone is 1. The molecule has 0 saturated heterocycles. The van der Waals surface area contributed by atoms with Crippen molar-refractivity contribution in [3.63, 3.8) is 0 Å². The molecule has 2 aliphatic rings. The Morgan fingerprint density at radius 1 is 1.50 bits per heavy atom. The first-order valence-corrected chi connectivity index (χ1v) is 6.17. The van der Waals surface area contributed by atoms with E-state index in [0.29, 0.717) is 5.41 Å². The average Bonchev–Trinajstić information content (AvgIpc) is 2.95. The van der Waals surface area contributed by atoms with Gasteiger partial charge in [0.05, 0.1) is 0 Å². The van der Waals surface area contributed by atoms with E-state index in [1.54, 1.807) is 5.57 Å². The van der Waals surface area contributed by atoms with Gasteiger partial charge in [0.25, 0.3) is 0 Å². The molecule has 2 atom stereocenters. The van der Waals surface area contributed by atoms with E-state index < -0.39 is 0 Å². The predicted octanol–water partition coefficient (Wildman–Crippen LogP) is 3.12. The van der Waals surface area contributed by atoms with Gasteiger partial charge in [0.2, 0.25) is 0 Å². The van der Waals surface area contributed by atoms with Crippen molar-refractivity contribution in [3.05, 3.63) is 11.6 Å². The van der Waals surface area contributed by atoms with Crippen LogP contribution in [0.25, 0.3) is 0 Å². The first-order valence-electron chi connectivity index (χ1n) is 6.17. The van der Waals surface area contributed by atoms with Crippen LogP contribution in [-0.2, 0) is 0 Å². The van der Waals surface area contributed by atoms with E-state index in [1.165, 1.54) is 45.1 Å². The summed E-state index contributed by atoms with van der Waals surface area (Å²) < 4.78 is 0. The zero-order valence-corrected chi connectivity index (χ0v) is 9.60. The molecule has 0 spiro atoms.